The Morgan fingerprint density at radius 2 is 1.95 bits per heavy atom. The lowest BCUT2D eigenvalue weighted by Crippen LogP contribution is -1.92. The zero-order valence-corrected chi connectivity index (χ0v) is 10.6. The summed E-state index contributed by atoms with van der Waals surface area (Å²) >= 11 is 1.49. The Labute approximate surface area is 113 Å². The number of phenolic OH excluding ortho intramolecular Hbond substituents is 1. The predicted octanol–water partition coefficient (Wildman–Crippen LogP) is 3.05. The van der Waals surface area contributed by atoms with Gasteiger partial charge in [-0.05, 0) is 24.3 Å². The molecule has 0 fully saturated rings. The van der Waals surface area contributed by atoms with Gasteiger partial charge in [0, 0.05) is 23.3 Å². The van der Waals surface area contributed by atoms with Crippen molar-refractivity contribution >= 4 is 22.3 Å². The van der Waals surface area contributed by atoms with E-state index in [0.29, 0.717) is 5.82 Å². The molecule has 1 aromatic carbocycles. The predicted molar refractivity (Wildman–Crippen MR) is 74.5 cm³/mol. The summed E-state index contributed by atoms with van der Waals surface area (Å²) in [7, 11) is 0. The Bertz CT molecular complexity index is 667. The van der Waals surface area contributed by atoms with Crippen molar-refractivity contribution in [3.63, 3.8) is 0 Å². The first-order valence-electron chi connectivity index (χ1n) is 5.59. The van der Waals surface area contributed by atoms with Gasteiger partial charge in [0.25, 0.3) is 0 Å². The van der Waals surface area contributed by atoms with Gasteiger partial charge in [0.05, 0.1) is 11.9 Å². The van der Waals surface area contributed by atoms with Crippen molar-refractivity contribution in [2.24, 2.45) is 0 Å². The Morgan fingerprint density at radius 1 is 1.11 bits per heavy atom. The van der Waals surface area contributed by atoms with Gasteiger partial charge in [0.2, 0.25) is 0 Å². The summed E-state index contributed by atoms with van der Waals surface area (Å²) in [5, 5.41) is 15.1. The van der Waals surface area contributed by atoms with Gasteiger partial charge in [0.1, 0.15) is 5.75 Å². The number of rotatable bonds is 3. The van der Waals surface area contributed by atoms with Crippen molar-refractivity contribution in [2.75, 3.05) is 5.32 Å². The number of aromatic nitrogens is 3. The fourth-order valence-electron chi connectivity index (χ4n) is 1.57. The minimum atomic E-state index is 0.247. The molecule has 0 saturated carbocycles. The van der Waals surface area contributed by atoms with Crippen LogP contribution in [0.25, 0.3) is 11.3 Å². The van der Waals surface area contributed by atoms with Crippen LogP contribution in [0.15, 0.2) is 48.2 Å². The molecule has 0 aliphatic carbocycles. The van der Waals surface area contributed by atoms with Crippen molar-refractivity contribution < 1.29 is 5.11 Å². The fraction of sp³-hybridized carbons (Fsp3) is 0. The number of benzene rings is 1. The van der Waals surface area contributed by atoms with Gasteiger partial charge in [-0.25, -0.2) is 9.97 Å². The summed E-state index contributed by atoms with van der Waals surface area (Å²) in [6.45, 7) is 0. The molecular weight excluding hydrogens is 260 g/mol. The third-order valence-corrected chi connectivity index (χ3v) is 3.22. The number of hydrogen-bond donors (Lipinski definition) is 2. The van der Waals surface area contributed by atoms with E-state index in [1.807, 2.05) is 17.5 Å². The maximum Gasteiger partial charge on any atom is 0.188 e. The summed E-state index contributed by atoms with van der Waals surface area (Å²) in [6, 6.07) is 6.95. The van der Waals surface area contributed by atoms with Gasteiger partial charge >= 0.3 is 0 Å². The molecule has 94 valence electrons. The van der Waals surface area contributed by atoms with E-state index in [1.165, 1.54) is 11.3 Å². The number of nitrogens with zero attached hydrogens (tertiary/aromatic N) is 3. The van der Waals surface area contributed by atoms with Gasteiger partial charge in [-0.2, -0.15) is 0 Å². The van der Waals surface area contributed by atoms with Gasteiger partial charge in [0.15, 0.2) is 10.9 Å². The van der Waals surface area contributed by atoms with Crippen LogP contribution in [0, 0.1) is 0 Å². The molecule has 3 rings (SSSR count). The number of nitrogens with one attached hydrogen (secondary N) is 1. The standard InChI is InChI=1S/C13H10N4OS/c18-10-3-1-9(2-4-10)11-8-19-13(16-11)17-12-7-14-5-6-15-12/h1-8,18H,(H,15,16,17). The summed E-state index contributed by atoms with van der Waals surface area (Å²) in [5.74, 6) is 0.908. The topological polar surface area (TPSA) is 70.9 Å². The second-order valence-electron chi connectivity index (χ2n) is 3.80. The van der Waals surface area contributed by atoms with Gasteiger partial charge in [-0.3, -0.25) is 4.98 Å². The second-order valence-corrected chi connectivity index (χ2v) is 4.66. The second kappa shape index (κ2) is 5.03. The molecule has 0 amide bonds. The number of aromatic hydroxyl groups is 1. The van der Waals surface area contributed by atoms with Gasteiger partial charge in [-0.1, -0.05) is 0 Å². The normalized spacial score (nSPS) is 10.3. The highest BCUT2D eigenvalue weighted by molar-refractivity contribution is 7.14. The molecule has 3 aromatic rings. The van der Waals surface area contributed by atoms with Crippen LogP contribution in [-0.4, -0.2) is 20.1 Å². The van der Waals surface area contributed by atoms with E-state index in [-0.39, 0.29) is 5.75 Å². The molecule has 0 atom stereocenters. The van der Waals surface area contributed by atoms with E-state index in [2.05, 4.69) is 20.3 Å². The van der Waals surface area contributed by atoms with E-state index >= 15 is 0 Å². The third kappa shape index (κ3) is 2.69. The molecule has 0 radical (unpaired) electrons. The first-order chi connectivity index (χ1) is 9.31. The minimum Gasteiger partial charge on any atom is -0.508 e. The molecular formula is C13H10N4OS. The first-order valence-corrected chi connectivity index (χ1v) is 6.47. The third-order valence-electron chi connectivity index (χ3n) is 2.47. The summed E-state index contributed by atoms with van der Waals surface area (Å²) in [4.78, 5) is 12.6. The van der Waals surface area contributed by atoms with Crippen LogP contribution in [0.2, 0.25) is 0 Å². The minimum absolute atomic E-state index is 0.247. The first kappa shape index (κ1) is 11.6. The maximum absolute atomic E-state index is 9.26. The van der Waals surface area contributed by atoms with Crippen LogP contribution in [0.3, 0.4) is 0 Å². The highest BCUT2D eigenvalue weighted by Crippen LogP contribution is 2.27. The Balaban J connectivity index is 1.82. The molecule has 0 unspecified atom stereocenters. The number of thiazole rings is 1. The maximum atomic E-state index is 9.26. The van der Waals surface area contributed by atoms with E-state index < -0.39 is 0 Å². The molecule has 0 saturated heterocycles. The van der Waals surface area contributed by atoms with Crippen LogP contribution < -0.4 is 5.32 Å². The molecule has 0 aliphatic rings. The van der Waals surface area contributed by atoms with Gasteiger partial charge < -0.3 is 10.4 Å². The van der Waals surface area contributed by atoms with Crippen LogP contribution in [0.4, 0.5) is 10.9 Å². The molecule has 2 heterocycles. The number of hydrogen-bond acceptors (Lipinski definition) is 6. The highest BCUT2D eigenvalue weighted by Gasteiger charge is 2.05. The number of phenols is 1. The highest BCUT2D eigenvalue weighted by atomic mass is 32.1. The van der Waals surface area contributed by atoms with Crippen LogP contribution >= 0.6 is 11.3 Å². The quantitative estimate of drug-likeness (QED) is 0.765. The van der Waals surface area contributed by atoms with E-state index in [0.717, 1.165) is 16.4 Å². The smallest absolute Gasteiger partial charge is 0.188 e. The average Bonchev–Trinajstić information content (AvgIpc) is 2.89. The number of anilines is 2. The summed E-state index contributed by atoms with van der Waals surface area (Å²) in [5.41, 5.74) is 1.82. The molecule has 0 spiro atoms. The van der Waals surface area contributed by atoms with Crippen molar-refractivity contribution in [3.05, 3.63) is 48.2 Å². The van der Waals surface area contributed by atoms with E-state index in [4.69, 9.17) is 0 Å². The molecule has 6 heteroatoms. The Kier molecular flexibility index (Phi) is 3.07. The van der Waals surface area contributed by atoms with E-state index in [9.17, 15) is 5.11 Å². The molecule has 5 nitrogen and oxygen atoms in total. The van der Waals surface area contributed by atoms with Crippen molar-refractivity contribution in [2.45, 2.75) is 0 Å². The SMILES string of the molecule is Oc1ccc(-c2csc(Nc3cnccn3)n2)cc1. The molecule has 2 aromatic heterocycles. The molecule has 19 heavy (non-hydrogen) atoms. The Morgan fingerprint density at radius 3 is 2.68 bits per heavy atom. The van der Waals surface area contributed by atoms with Crippen LogP contribution in [-0.2, 0) is 0 Å². The monoisotopic (exact) mass is 270 g/mol. The molecule has 0 bridgehead atoms. The lowest BCUT2D eigenvalue weighted by molar-refractivity contribution is 0.475. The summed E-state index contributed by atoms with van der Waals surface area (Å²) in [6.07, 6.45) is 4.88. The van der Waals surface area contributed by atoms with Crippen molar-refractivity contribution in [1.29, 1.82) is 0 Å². The zero-order valence-electron chi connectivity index (χ0n) is 9.82. The van der Waals surface area contributed by atoms with Crippen molar-refractivity contribution in [3.8, 4) is 17.0 Å². The zero-order chi connectivity index (χ0) is 13.1. The van der Waals surface area contributed by atoms with Crippen molar-refractivity contribution in [1.82, 2.24) is 15.0 Å². The van der Waals surface area contributed by atoms with Gasteiger partial charge in [-0.15, -0.1) is 11.3 Å². The largest absolute Gasteiger partial charge is 0.508 e. The Hall–Kier alpha value is -2.47. The lowest BCUT2D eigenvalue weighted by atomic mass is 10.2. The summed E-state index contributed by atoms with van der Waals surface area (Å²) < 4.78 is 0. The lowest BCUT2D eigenvalue weighted by Gasteiger charge is -1.99. The van der Waals surface area contributed by atoms with Crippen LogP contribution in [0.5, 0.6) is 5.75 Å². The van der Waals surface area contributed by atoms with Crippen LogP contribution in [0.1, 0.15) is 0 Å². The fourth-order valence-corrected chi connectivity index (χ4v) is 2.30. The van der Waals surface area contributed by atoms with E-state index in [1.54, 1.807) is 30.7 Å². The molecule has 2 N–H and O–H groups in total. The molecule has 0 aliphatic heterocycles. The average molecular weight is 270 g/mol.